The molecule has 0 aliphatic carbocycles. The van der Waals surface area contributed by atoms with Crippen LogP contribution in [-0.4, -0.2) is 16.3 Å². The fourth-order valence-electron chi connectivity index (χ4n) is 6.21. The molecule has 0 fully saturated rings. The third kappa shape index (κ3) is 3.12. The summed E-state index contributed by atoms with van der Waals surface area (Å²) >= 11 is 0. The second kappa shape index (κ2) is 8.32. The van der Waals surface area contributed by atoms with Gasteiger partial charge < -0.3 is 4.57 Å². The monoisotopic (exact) mass is 482 g/mol. The Bertz CT molecular complexity index is 1920. The lowest BCUT2D eigenvalue weighted by Gasteiger charge is -2.11. The highest BCUT2D eigenvalue weighted by atomic mass is 15.0. The molecule has 0 N–H and O–H groups in total. The number of rotatable bonds is 3. The van der Waals surface area contributed by atoms with E-state index in [2.05, 4.69) is 138 Å². The molecule has 0 radical (unpaired) electrons. The molecule has 5 aromatic carbocycles. The third-order valence-electron chi connectivity index (χ3n) is 7.93. The minimum Gasteiger partial charge on any atom is -0.309 e. The van der Waals surface area contributed by atoms with Gasteiger partial charge >= 0.3 is 0 Å². The summed E-state index contributed by atoms with van der Waals surface area (Å²) in [5.74, 6) is 0. The number of hydrogen-bond acceptors (Lipinski definition) is 1. The number of hydrogen-bond donors (Lipinski definition) is 0. The molecule has 1 aliphatic rings. The molecule has 176 valence electrons. The fraction of sp³-hybridized carbons (Fsp3) is 0. The number of benzene rings is 5. The lowest BCUT2D eigenvalue weighted by Crippen LogP contribution is -2.50. The van der Waals surface area contributed by atoms with Crippen molar-refractivity contribution in [2.45, 2.75) is 0 Å². The van der Waals surface area contributed by atoms with Crippen molar-refractivity contribution >= 4 is 45.0 Å². The molecule has 2 nitrogen and oxygen atoms in total. The Morgan fingerprint density at radius 1 is 0.526 bits per heavy atom. The van der Waals surface area contributed by atoms with Gasteiger partial charge in [0.1, 0.15) is 0 Å². The fourth-order valence-corrected chi connectivity index (χ4v) is 6.21. The maximum Gasteiger partial charge on any atom is 0.266 e. The SMILES string of the molecule is c1ccc(B2c3ccccc3-c3cc(-c4ccc(-n5c6ccccc6c6ccccc65)cc4)cnc32)cc1. The number of para-hydroxylation sites is 2. The maximum absolute atomic E-state index is 5.06. The van der Waals surface area contributed by atoms with E-state index < -0.39 is 0 Å². The molecule has 0 saturated carbocycles. The summed E-state index contributed by atoms with van der Waals surface area (Å²) in [4.78, 5) is 5.06. The molecule has 3 heterocycles. The molecule has 2 aromatic heterocycles. The van der Waals surface area contributed by atoms with Crippen molar-refractivity contribution in [2.75, 3.05) is 0 Å². The Hall–Kier alpha value is -4.89. The zero-order valence-electron chi connectivity index (χ0n) is 20.8. The highest BCUT2D eigenvalue weighted by molar-refractivity contribution is 6.98. The van der Waals surface area contributed by atoms with Crippen LogP contribution in [0.15, 0.2) is 140 Å². The van der Waals surface area contributed by atoms with Crippen LogP contribution in [0.5, 0.6) is 0 Å². The minimum atomic E-state index is 0.175. The molecule has 0 unspecified atom stereocenters. The molecule has 1 aliphatic heterocycles. The van der Waals surface area contributed by atoms with Gasteiger partial charge in [0.05, 0.1) is 11.0 Å². The van der Waals surface area contributed by atoms with Crippen LogP contribution in [0.2, 0.25) is 0 Å². The molecular weight excluding hydrogens is 459 g/mol. The predicted octanol–water partition coefficient (Wildman–Crippen LogP) is 6.34. The summed E-state index contributed by atoms with van der Waals surface area (Å²) in [5, 5.41) is 2.56. The lowest BCUT2D eigenvalue weighted by molar-refractivity contribution is 1.18. The Morgan fingerprint density at radius 2 is 1.16 bits per heavy atom. The van der Waals surface area contributed by atoms with Crippen LogP contribution in [0, 0.1) is 0 Å². The minimum absolute atomic E-state index is 0.175. The number of nitrogens with zero attached hydrogens (tertiary/aromatic N) is 2. The van der Waals surface area contributed by atoms with E-state index >= 15 is 0 Å². The average Bonchev–Trinajstić information content (AvgIpc) is 3.50. The van der Waals surface area contributed by atoms with E-state index in [1.807, 2.05) is 6.20 Å². The zero-order chi connectivity index (χ0) is 25.1. The number of fused-ring (bicyclic) bond motifs is 6. The van der Waals surface area contributed by atoms with Crippen LogP contribution < -0.4 is 16.5 Å². The van der Waals surface area contributed by atoms with E-state index in [1.54, 1.807) is 0 Å². The van der Waals surface area contributed by atoms with Gasteiger partial charge in [-0.3, -0.25) is 4.98 Å². The van der Waals surface area contributed by atoms with Crippen molar-refractivity contribution in [1.82, 2.24) is 9.55 Å². The Kier molecular flexibility index (Phi) is 4.65. The second-order valence-corrected chi connectivity index (χ2v) is 10.0. The molecule has 0 bridgehead atoms. The van der Waals surface area contributed by atoms with Gasteiger partial charge in [0.25, 0.3) is 6.71 Å². The van der Waals surface area contributed by atoms with Gasteiger partial charge in [-0.2, -0.15) is 0 Å². The molecular formula is C35H23BN2. The number of aromatic nitrogens is 2. The molecule has 7 aromatic rings. The predicted molar refractivity (Wildman–Crippen MR) is 161 cm³/mol. The van der Waals surface area contributed by atoms with E-state index in [4.69, 9.17) is 4.98 Å². The normalized spacial score (nSPS) is 12.2. The van der Waals surface area contributed by atoms with Crippen molar-refractivity contribution in [2.24, 2.45) is 0 Å². The zero-order valence-corrected chi connectivity index (χ0v) is 20.8. The third-order valence-corrected chi connectivity index (χ3v) is 7.93. The van der Waals surface area contributed by atoms with Gasteiger partial charge in [0, 0.05) is 33.8 Å². The van der Waals surface area contributed by atoms with Crippen LogP contribution in [0.3, 0.4) is 0 Å². The second-order valence-electron chi connectivity index (χ2n) is 10.0. The summed E-state index contributed by atoms with van der Waals surface area (Å²) in [7, 11) is 0. The molecule has 0 spiro atoms. The topological polar surface area (TPSA) is 17.8 Å². The first-order valence-electron chi connectivity index (χ1n) is 13.1. The Balaban J connectivity index is 1.23. The van der Waals surface area contributed by atoms with Gasteiger partial charge in [-0.15, -0.1) is 0 Å². The van der Waals surface area contributed by atoms with E-state index in [0.717, 1.165) is 16.8 Å². The first-order valence-corrected chi connectivity index (χ1v) is 13.1. The highest BCUT2D eigenvalue weighted by Crippen LogP contribution is 2.33. The van der Waals surface area contributed by atoms with Gasteiger partial charge in [-0.1, -0.05) is 114 Å². The van der Waals surface area contributed by atoms with Crippen molar-refractivity contribution in [1.29, 1.82) is 0 Å². The van der Waals surface area contributed by atoms with Crippen LogP contribution in [0.4, 0.5) is 0 Å². The van der Waals surface area contributed by atoms with Crippen LogP contribution >= 0.6 is 0 Å². The summed E-state index contributed by atoms with van der Waals surface area (Å²) in [6, 6.07) is 47.9. The van der Waals surface area contributed by atoms with E-state index in [1.165, 1.54) is 49.4 Å². The van der Waals surface area contributed by atoms with Gasteiger partial charge in [0.15, 0.2) is 0 Å². The molecule has 8 rings (SSSR count). The van der Waals surface area contributed by atoms with Gasteiger partial charge in [0.2, 0.25) is 0 Å². The highest BCUT2D eigenvalue weighted by Gasteiger charge is 2.34. The summed E-state index contributed by atoms with van der Waals surface area (Å²) in [6.45, 7) is 0.175. The molecule has 0 saturated heterocycles. The molecule has 0 atom stereocenters. The largest absolute Gasteiger partial charge is 0.309 e. The smallest absolute Gasteiger partial charge is 0.266 e. The van der Waals surface area contributed by atoms with E-state index in [0.29, 0.717) is 0 Å². The average molecular weight is 482 g/mol. The van der Waals surface area contributed by atoms with Gasteiger partial charge in [-0.25, -0.2) is 0 Å². The summed E-state index contributed by atoms with van der Waals surface area (Å²) in [5.41, 5.74) is 12.2. The van der Waals surface area contributed by atoms with E-state index in [9.17, 15) is 0 Å². The molecule has 38 heavy (non-hydrogen) atoms. The van der Waals surface area contributed by atoms with Crippen LogP contribution in [0.1, 0.15) is 0 Å². The maximum atomic E-state index is 5.06. The van der Waals surface area contributed by atoms with E-state index in [-0.39, 0.29) is 6.71 Å². The van der Waals surface area contributed by atoms with Crippen LogP contribution in [-0.2, 0) is 0 Å². The van der Waals surface area contributed by atoms with Crippen molar-refractivity contribution in [3.8, 4) is 27.9 Å². The molecule has 3 heteroatoms. The Labute approximate surface area is 221 Å². The van der Waals surface area contributed by atoms with Crippen molar-refractivity contribution in [3.05, 3.63) is 140 Å². The number of pyridine rings is 1. The van der Waals surface area contributed by atoms with Crippen LogP contribution in [0.25, 0.3) is 49.7 Å². The lowest BCUT2D eigenvalue weighted by atomic mass is 9.40. The standard InChI is InChI=1S/C35H23BN2/c1-2-10-26(11-3-1)36-32-15-7-4-12-28(32)31-22-25(23-37-35(31)36)24-18-20-27(21-19-24)38-33-16-8-5-13-29(33)30-14-6-9-17-34(30)38/h1-23H. The first-order chi connectivity index (χ1) is 18.9. The van der Waals surface area contributed by atoms with Crippen molar-refractivity contribution < 1.29 is 0 Å². The van der Waals surface area contributed by atoms with Gasteiger partial charge in [-0.05, 0) is 47.0 Å². The quantitative estimate of drug-likeness (QED) is 0.269. The Morgan fingerprint density at radius 3 is 1.89 bits per heavy atom. The summed E-state index contributed by atoms with van der Waals surface area (Å²) in [6.07, 6.45) is 2.04. The summed E-state index contributed by atoms with van der Waals surface area (Å²) < 4.78 is 2.36. The first kappa shape index (κ1) is 21.2. The molecule has 0 amide bonds. The van der Waals surface area contributed by atoms with Crippen molar-refractivity contribution in [3.63, 3.8) is 0 Å².